The second kappa shape index (κ2) is 4.89. The van der Waals surface area contributed by atoms with Crippen molar-refractivity contribution in [2.24, 2.45) is 5.41 Å². The Morgan fingerprint density at radius 1 is 1.25 bits per heavy atom. The predicted octanol–water partition coefficient (Wildman–Crippen LogP) is 4.29. The number of rotatable bonds is 4. The van der Waals surface area contributed by atoms with E-state index in [0.717, 1.165) is 12.8 Å². The number of nitrogens with zero attached hydrogens (tertiary/aromatic N) is 1. The van der Waals surface area contributed by atoms with E-state index in [1.54, 1.807) is 0 Å². The molecule has 0 aliphatic carbocycles. The van der Waals surface area contributed by atoms with Gasteiger partial charge in [-0.2, -0.15) is 13.8 Å². The molecule has 0 aliphatic rings. The van der Waals surface area contributed by atoms with Crippen molar-refractivity contribution >= 4 is 0 Å². The first-order valence-corrected chi connectivity index (χ1v) is 5.70. The van der Waals surface area contributed by atoms with Crippen molar-refractivity contribution in [2.75, 3.05) is 0 Å². The molecule has 16 heavy (non-hydrogen) atoms. The lowest BCUT2D eigenvalue weighted by molar-refractivity contribution is 0.271. The van der Waals surface area contributed by atoms with Crippen LogP contribution in [0, 0.1) is 17.3 Å². The first-order valence-electron chi connectivity index (χ1n) is 5.70. The van der Waals surface area contributed by atoms with Crippen LogP contribution in [0.4, 0.5) is 8.78 Å². The average molecular weight is 227 g/mol. The Labute approximate surface area is 95.9 Å². The third-order valence-electron chi connectivity index (χ3n) is 3.35. The van der Waals surface area contributed by atoms with Gasteiger partial charge in [-0.1, -0.05) is 34.1 Å². The minimum Gasteiger partial charge on any atom is -0.191 e. The molecule has 0 radical (unpaired) electrons. The molecule has 0 fully saturated rings. The van der Waals surface area contributed by atoms with Crippen molar-refractivity contribution in [1.82, 2.24) is 4.98 Å². The maximum absolute atomic E-state index is 13.0. The zero-order chi connectivity index (χ0) is 12.3. The first-order chi connectivity index (χ1) is 7.36. The van der Waals surface area contributed by atoms with Crippen LogP contribution in [0.15, 0.2) is 12.1 Å². The van der Waals surface area contributed by atoms with Crippen LogP contribution in [0.3, 0.4) is 0 Å². The van der Waals surface area contributed by atoms with Gasteiger partial charge in [-0.25, -0.2) is 0 Å². The molecule has 90 valence electrons. The van der Waals surface area contributed by atoms with E-state index in [1.165, 1.54) is 12.1 Å². The minimum absolute atomic E-state index is 0.0367. The van der Waals surface area contributed by atoms with Gasteiger partial charge in [0.25, 0.3) is 0 Å². The highest BCUT2D eigenvalue weighted by molar-refractivity contribution is 5.19. The van der Waals surface area contributed by atoms with Gasteiger partial charge in [0.2, 0.25) is 11.9 Å². The van der Waals surface area contributed by atoms with E-state index in [-0.39, 0.29) is 11.3 Å². The lowest BCUT2D eigenvalue weighted by Crippen LogP contribution is -2.20. The number of aromatic nitrogens is 1. The summed E-state index contributed by atoms with van der Waals surface area (Å²) in [5.41, 5.74) is 0.720. The molecule has 0 saturated carbocycles. The molecule has 1 heterocycles. The highest BCUT2D eigenvalue weighted by atomic mass is 19.1. The maximum Gasteiger partial charge on any atom is 0.215 e. The Kier molecular flexibility index (Phi) is 4.00. The molecular weight excluding hydrogens is 208 g/mol. The normalized spacial score (nSPS) is 13.9. The first kappa shape index (κ1) is 13.1. The minimum atomic E-state index is -0.742. The highest BCUT2D eigenvalue weighted by Crippen LogP contribution is 2.38. The fourth-order valence-electron chi connectivity index (χ4n) is 2.05. The van der Waals surface area contributed by atoms with Crippen LogP contribution in [0.5, 0.6) is 0 Å². The second-order valence-electron chi connectivity index (χ2n) is 5.01. The third-order valence-corrected chi connectivity index (χ3v) is 3.35. The highest BCUT2D eigenvalue weighted by Gasteiger charge is 2.26. The van der Waals surface area contributed by atoms with Gasteiger partial charge < -0.3 is 0 Å². The molecule has 0 aromatic carbocycles. The molecular formula is C13H19F2N. The van der Waals surface area contributed by atoms with Gasteiger partial charge in [0.15, 0.2) is 0 Å². The summed E-state index contributed by atoms with van der Waals surface area (Å²) in [5, 5.41) is 0. The Morgan fingerprint density at radius 3 is 2.19 bits per heavy atom. The van der Waals surface area contributed by atoms with Gasteiger partial charge in [0, 0.05) is 0 Å². The average Bonchev–Trinajstić information content (AvgIpc) is 2.14. The van der Waals surface area contributed by atoms with Gasteiger partial charge in [-0.15, -0.1) is 0 Å². The monoisotopic (exact) mass is 227 g/mol. The van der Waals surface area contributed by atoms with Crippen molar-refractivity contribution in [2.45, 2.75) is 46.5 Å². The van der Waals surface area contributed by atoms with E-state index >= 15 is 0 Å². The molecule has 1 aromatic rings. The van der Waals surface area contributed by atoms with Crippen molar-refractivity contribution in [1.29, 1.82) is 0 Å². The molecule has 0 aliphatic heterocycles. The Hall–Kier alpha value is -0.990. The lowest BCUT2D eigenvalue weighted by atomic mass is 9.73. The Bertz CT molecular complexity index is 341. The SMILES string of the molecule is CCCC(C)(C)C(C)c1cc(F)nc(F)c1. The van der Waals surface area contributed by atoms with E-state index in [2.05, 4.69) is 25.8 Å². The molecule has 1 rings (SSSR count). The smallest absolute Gasteiger partial charge is 0.191 e. The van der Waals surface area contributed by atoms with Crippen molar-refractivity contribution in [3.05, 3.63) is 29.6 Å². The molecule has 0 N–H and O–H groups in total. The van der Waals surface area contributed by atoms with Crippen LogP contribution in [-0.4, -0.2) is 4.98 Å². The van der Waals surface area contributed by atoms with Gasteiger partial charge in [0.1, 0.15) is 0 Å². The molecule has 1 atom stereocenters. The van der Waals surface area contributed by atoms with Crippen molar-refractivity contribution < 1.29 is 8.78 Å². The number of hydrogen-bond acceptors (Lipinski definition) is 1. The molecule has 1 unspecified atom stereocenters. The maximum atomic E-state index is 13.0. The molecule has 1 aromatic heterocycles. The number of hydrogen-bond donors (Lipinski definition) is 0. The predicted molar refractivity (Wildman–Crippen MR) is 61.3 cm³/mol. The number of halogens is 2. The Balaban J connectivity index is 2.99. The molecule has 1 nitrogen and oxygen atoms in total. The van der Waals surface area contributed by atoms with E-state index in [0.29, 0.717) is 5.56 Å². The van der Waals surface area contributed by atoms with Crippen LogP contribution in [-0.2, 0) is 0 Å². The molecule has 0 bridgehead atoms. The fraction of sp³-hybridized carbons (Fsp3) is 0.615. The standard InChI is InChI=1S/C13H19F2N/c1-5-6-13(3,4)9(2)10-7-11(14)16-12(15)8-10/h7-9H,5-6H2,1-4H3. The lowest BCUT2D eigenvalue weighted by Gasteiger charge is -2.32. The fourth-order valence-corrected chi connectivity index (χ4v) is 2.05. The van der Waals surface area contributed by atoms with E-state index in [4.69, 9.17) is 0 Å². The topological polar surface area (TPSA) is 12.9 Å². The second-order valence-corrected chi connectivity index (χ2v) is 5.01. The van der Waals surface area contributed by atoms with Crippen LogP contribution in [0.2, 0.25) is 0 Å². The zero-order valence-electron chi connectivity index (χ0n) is 10.3. The van der Waals surface area contributed by atoms with Gasteiger partial charge >= 0.3 is 0 Å². The van der Waals surface area contributed by atoms with Gasteiger partial charge in [0.05, 0.1) is 0 Å². The summed E-state index contributed by atoms with van der Waals surface area (Å²) in [6, 6.07) is 2.65. The van der Waals surface area contributed by atoms with E-state index in [1.807, 2.05) is 6.92 Å². The molecule has 0 saturated heterocycles. The van der Waals surface area contributed by atoms with Gasteiger partial charge in [-0.05, 0) is 35.4 Å². The molecule has 0 amide bonds. The largest absolute Gasteiger partial charge is 0.215 e. The third kappa shape index (κ3) is 3.00. The Morgan fingerprint density at radius 2 is 1.75 bits per heavy atom. The summed E-state index contributed by atoms with van der Waals surface area (Å²) >= 11 is 0. The van der Waals surface area contributed by atoms with E-state index < -0.39 is 11.9 Å². The van der Waals surface area contributed by atoms with Crippen LogP contribution in [0.1, 0.15) is 52.0 Å². The number of pyridine rings is 1. The van der Waals surface area contributed by atoms with Gasteiger partial charge in [-0.3, -0.25) is 0 Å². The summed E-state index contributed by atoms with van der Waals surface area (Å²) in [6.07, 6.45) is 2.09. The summed E-state index contributed by atoms with van der Waals surface area (Å²) in [7, 11) is 0. The zero-order valence-corrected chi connectivity index (χ0v) is 10.3. The summed E-state index contributed by atoms with van der Waals surface area (Å²) in [6.45, 7) is 8.36. The van der Waals surface area contributed by atoms with E-state index in [9.17, 15) is 8.78 Å². The van der Waals surface area contributed by atoms with Crippen LogP contribution in [0.25, 0.3) is 0 Å². The quantitative estimate of drug-likeness (QED) is 0.699. The summed E-state index contributed by atoms with van der Waals surface area (Å²) in [4.78, 5) is 3.11. The van der Waals surface area contributed by atoms with Crippen LogP contribution < -0.4 is 0 Å². The van der Waals surface area contributed by atoms with Crippen molar-refractivity contribution in [3.8, 4) is 0 Å². The van der Waals surface area contributed by atoms with Crippen LogP contribution >= 0.6 is 0 Å². The van der Waals surface area contributed by atoms with Crippen molar-refractivity contribution in [3.63, 3.8) is 0 Å². The summed E-state index contributed by atoms with van der Waals surface area (Å²) < 4.78 is 26.0. The molecule has 3 heteroatoms. The molecule has 0 spiro atoms. The summed E-state index contributed by atoms with van der Waals surface area (Å²) in [5.74, 6) is -1.37.